The van der Waals surface area contributed by atoms with Crippen LogP contribution in [0.15, 0.2) is 0 Å². The molecule has 6 nitrogen and oxygen atoms in total. The first-order valence-corrected chi connectivity index (χ1v) is 7.96. The quantitative estimate of drug-likeness (QED) is 0.833. The molecule has 1 heterocycles. The zero-order chi connectivity index (χ0) is 14.6. The van der Waals surface area contributed by atoms with Gasteiger partial charge in [0.05, 0.1) is 11.3 Å². The van der Waals surface area contributed by atoms with Crippen molar-refractivity contribution in [2.45, 2.75) is 26.7 Å². The third-order valence-electron chi connectivity index (χ3n) is 2.55. The Hall–Kier alpha value is -1.59. The SMILES string of the molecule is Cc1sc(NS(=O)(=O)CCCC(=O)O)c(C#N)c1C. The van der Waals surface area contributed by atoms with Gasteiger partial charge in [0.2, 0.25) is 10.0 Å². The second-order valence-corrected chi connectivity index (χ2v) is 7.08. The molecular formula is C11H14N2O4S2. The van der Waals surface area contributed by atoms with Crippen molar-refractivity contribution in [1.29, 1.82) is 5.26 Å². The molecule has 0 bridgehead atoms. The number of aryl methyl sites for hydroxylation is 1. The molecule has 0 aliphatic carbocycles. The van der Waals surface area contributed by atoms with Gasteiger partial charge in [-0.25, -0.2) is 8.42 Å². The van der Waals surface area contributed by atoms with E-state index in [1.54, 1.807) is 6.92 Å². The molecule has 0 saturated carbocycles. The van der Waals surface area contributed by atoms with E-state index in [1.165, 1.54) is 11.3 Å². The molecule has 0 saturated heterocycles. The molecule has 2 N–H and O–H groups in total. The minimum absolute atomic E-state index is 0.0376. The lowest BCUT2D eigenvalue weighted by molar-refractivity contribution is -0.137. The molecule has 104 valence electrons. The molecule has 0 aliphatic rings. The molecule has 0 atom stereocenters. The Morgan fingerprint density at radius 2 is 2.11 bits per heavy atom. The smallest absolute Gasteiger partial charge is 0.303 e. The Morgan fingerprint density at radius 1 is 1.47 bits per heavy atom. The van der Waals surface area contributed by atoms with Gasteiger partial charge in [-0.3, -0.25) is 9.52 Å². The fourth-order valence-electron chi connectivity index (χ4n) is 1.44. The highest BCUT2D eigenvalue weighted by Gasteiger charge is 2.18. The zero-order valence-electron chi connectivity index (χ0n) is 10.6. The van der Waals surface area contributed by atoms with Crippen LogP contribution in [0.2, 0.25) is 0 Å². The number of nitrogens with one attached hydrogen (secondary N) is 1. The highest BCUT2D eigenvalue weighted by molar-refractivity contribution is 7.92. The Morgan fingerprint density at radius 3 is 2.63 bits per heavy atom. The summed E-state index contributed by atoms with van der Waals surface area (Å²) >= 11 is 1.20. The minimum Gasteiger partial charge on any atom is -0.481 e. The fourth-order valence-corrected chi connectivity index (χ4v) is 3.86. The van der Waals surface area contributed by atoms with Gasteiger partial charge in [0, 0.05) is 11.3 Å². The van der Waals surface area contributed by atoms with Crippen molar-refractivity contribution < 1.29 is 18.3 Å². The highest BCUT2D eigenvalue weighted by Crippen LogP contribution is 2.32. The third-order valence-corrected chi connectivity index (χ3v) is 5.14. The zero-order valence-corrected chi connectivity index (χ0v) is 12.2. The van der Waals surface area contributed by atoms with Gasteiger partial charge in [-0.1, -0.05) is 0 Å². The lowest BCUT2D eigenvalue weighted by Gasteiger charge is -2.05. The largest absolute Gasteiger partial charge is 0.481 e. The molecule has 1 aromatic rings. The van der Waals surface area contributed by atoms with Gasteiger partial charge in [-0.2, -0.15) is 5.26 Å². The van der Waals surface area contributed by atoms with E-state index in [2.05, 4.69) is 4.72 Å². The van der Waals surface area contributed by atoms with Crippen molar-refractivity contribution in [1.82, 2.24) is 0 Å². The van der Waals surface area contributed by atoms with E-state index >= 15 is 0 Å². The second-order valence-electron chi connectivity index (χ2n) is 4.02. The summed E-state index contributed by atoms with van der Waals surface area (Å²) in [6, 6.07) is 1.97. The number of hydrogen-bond donors (Lipinski definition) is 2. The van der Waals surface area contributed by atoms with Gasteiger partial charge < -0.3 is 5.11 Å². The number of nitriles is 1. The van der Waals surface area contributed by atoms with Gasteiger partial charge >= 0.3 is 5.97 Å². The molecule has 1 aromatic heterocycles. The van der Waals surface area contributed by atoms with Crippen molar-refractivity contribution in [3.05, 3.63) is 16.0 Å². The van der Waals surface area contributed by atoms with Crippen molar-refractivity contribution in [3.63, 3.8) is 0 Å². The summed E-state index contributed by atoms with van der Waals surface area (Å²) < 4.78 is 25.9. The highest BCUT2D eigenvalue weighted by atomic mass is 32.2. The predicted molar refractivity (Wildman–Crippen MR) is 72.8 cm³/mol. The lowest BCUT2D eigenvalue weighted by atomic mass is 10.2. The van der Waals surface area contributed by atoms with Crippen LogP contribution in [-0.4, -0.2) is 25.2 Å². The average molecular weight is 302 g/mol. The van der Waals surface area contributed by atoms with Crippen LogP contribution in [-0.2, 0) is 14.8 Å². The second kappa shape index (κ2) is 6.04. The molecule has 0 unspecified atom stereocenters. The van der Waals surface area contributed by atoms with Gasteiger partial charge in [0.1, 0.15) is 11.1 Å². The maximum atomic E-state index is 11.8. The fraction of sp³-hybridized carbons (Fsp3) is 0.455. The molecular weight excluding hydrogens is 288 g/mol. The Balaban J connectivity index is 2.82. The number of aliphatic carboxylic acids is 1. The first-order chi connectivity index (χ1) is 8.76. The monoisotopic (exact) mass is 302 g/mol. The first kappa shape index (κ1) is 15.5. The van der Waals surface area contributed by atoms with Crippen LogP contribution in [0.5, 0.6) is 0 Å². The van der Waals surface area contributed by atoms with E-state index in [-0.39, 0.29) is 18.6 Å². The van der Waals surface area contributed by atoms with Crippen molar-refractivity contribution in [2.24, 2.45) is 0 Å². The van der Waals surface area contributed by atoms with E-state index in [0.29, 0.717) is 10.6 Å². The number of nitrogens with zero attached hydrogens (tertiary/aromatic N) is 1. The van der Waals surface area contributed by atoms with Crippen LogP contribution in [0, 0.1) is 25.2 Å². The maximum Gasteiger partial charge on any atom is 0.303 e. The summed E-state index contributed by atoms with van der Waals surface area (Å²) in [4.78, 5) is 11.2. The van der Waals surface area contributed by atoms with Gasteiger partial charge in [-0.15, -0.1) is 11.3 Å². The van der Waals surface area contributed by atoms with Crippen LogP contribution in [0.25, 0.3) is 0 Å². The first-order valence-electron chi connectivity index (χ1n) is 5.49. The molecule has 0 radical (unpaired) electrons. The number of thiophene rings is 1. The van der Waals surface area contributed by atoms with Gasteiger partial charge in [0.25, 0.3) is 0 Å². The minimum atomic E-state index is -3.62. The predicted octanol–water partition coefficient (Wildman–Crippen LogP) is 1.84. The molecule has 0 aromatic carbocycles. The van der Waals surface area contributed by atoms with E-state index in [9.17, 15) is 13.2 Å². The number of anilines is 1. The summed E-state index contributed by atoms with van der Waals surface area (Å²) in [5.74, 6) is -1.31. The standard InChI is InChI=1S/C11H14N2O4S2/c1-7-8(2)18-11(9(7)6-12)13-19(16,17)5-3-4-10(14)15/h13H,3-5H2,1-2H3,(H,14,15). The van der Waals surface area contributed by atoms with Crippen molar-refractivity contribution in [3.8, 4) is 6.07 Å². The summed E-state index contributed by atoms with van der Waals surface area (Å²) in [5.41, 5.74) is 1.08. The average Bonchev–Trinajstić information content (AvgIpc) is 2.52. The topological polar surface area (TPSA) is 107 Å². The van der Waals surface area contributed by atoms with Crippen LogP contribution in [0.3, 0.4) is 0 Å². The van der Waals surface area contributed by atoms with Crippen LogP contribution in [0.4, 0.5) is 5.00 Å². The number of carboxylic acid groups (broad SMARTS) is 1. The molecule has 8 heteroatoms. The van der Waals surface area contributed by atoms with Crippen LogP contribution in [0.1, 0.15) is 28.8 Å². The summed E-state index contributed by atoms with van der Waals surface area (Å²) in [6.07, 6.45) is -0.162. The Bertz CT molecular complexity index is 626. The van der Waals surface area contributed by atoms with Crippen LogP contribution < -0.4 is 4.72 Å². The van der Waals surface area contributed by atoms with Crippen molar-refractivity contribution in [2.75, 3.05) is 10.5 Å². The number of rotatable bonds is 6. The van der Waals surface area contributed by atoms with E-state index < -0.39 is 16.0 Å². The number of carbonyl (C=O) groups is 1. The summed E-state index contributed by atoms with van der Waals surface area (Å²) in [6.45, 7) is 3.57. The molecule has 0 spiro atoms. The van der Waals surface area contributed by atoms with Gasteiger partial charge in [0.15, 0.2) is 0 Å². The Kier molecular flexibility index (Phi) is 4.91. The van der Waals surface area contributed by atoms with Crippen molar-refractivity contribution >= 4 is 32.3 Å². The number of sulfonamides is 1. The van der Waals surface area contributed by atoms with E-state index in [0.717, 1.165) is 10.4 Å². The normalized spacial score (nSPS) is 11.0. The van der Waals surface area contributed by atoms with Gasteiger partial charge in [-0.05, 0) is 25.8 Å². The lowest BCUT2D eigenvalue weighted by Crippen LogP contribution is -2.17. The number of hydrogen-bond acceptors (Lipinski definition) is 5. The van der Waals surface area contributed by atoms with Crippen LogP contribution >= 0.6 is 11.3 Å². The number of carboxylic acids is 1. The third kappa shape index (κ3) is 4.22. The molecule has 1 rings (SSSR count). The molecule has 0 amide bonds. The maximum absolute atomic E-state index is 11.8. The summed E-state index contributed by atoms with van der Waals surface area (Å²) in [5, 5.41) is 17.8. The van der Waals surface area contributed by atoms with E-state index in [4.69, 9.17) is 10.4 Å². The molecule has 0 aliphatic heterocycles. The summed E-state index contributed by atoms with van der Waals surface area (Å²) in [7, 11) is -3.62. The molecule has 19 heavy (non-hydrogen) atoms. The molecule has 0 fully saturated rings. The Labute approximate surface area is 115 Å². The van der Waals surface area contributed by atoms with E-state index in [1.807, 2.05) is 13.0 Å².